The van der Waals surface area contributed by atoms with Crippen LogP contribution in [0.1, 0.15) is 264 Å². The Labute approximate surface area is 576 Å². The van der Waals surface area contributed by atoms with Gasteiger partial charge in [-0.25, -0.2) is 0 Å². The van der Waals surface area contributed by atoms with Crippen molar-refractivity contribution in [2.24, 2.45) is 0 Å². The third-order valence-corrected chi connectivity index (χ3v) is 17.3. The number of aliphatic hydroxyl groups is 8. The zero-order valence-electron chi connectivity index (χ0n) is 59.1. The third kappa shape index (κ3) is 46.7. The molecule has 0 bridgehead atoms. The first-order chi connectivity index (χ1) is 46.6. The molecule has 14 nitrogen and oxygen atoms in total. The van der Waals surface area contributed by atoms with Gasteiger partial charge in [0.15, 0.2) is 12.6 Å². The Morgan fingerprint density at radius 1 is 0.389 bits per heavy atom. The topological polar surface area (TPSA) is 228 Å². The summed E-state index contributed by atoms with van der Waals surface area (Å²) in [6, 6.07) is -0.969. The first-order valence-corrected chi connectivity index (χ1v) is 37.6. The zero-order valence-corrected chi connectivity index (χ0v) is 59.1. The molecule has 12 unspecified atom stereocenters. The smallest absolute Gasteiger partial charge is 0.220 e. The van der Waals surface area contributed by atoms with Gasteiger partial charge in [0.1, 0.15) is 48.8 Å². The summed E-state index contributed by atoms with van der Waals surface area (Å²) < 4.78 is 22.8. The average molecular weight is 1330 g/mol. The molecule has 2 rings (SSSR count). The van der Waals surface area contributed by atoms with E-state index in [1.807, 2.05) is 6.08 Å². The highest BCUT2D eigenvalue weighted by Gasteiger charge is 2.51. The fourth-order valence-corrected chi connectivity index (χ4v) is 11.3. The minimum Gasteiger partial charge on any atom is -0.394 e. The van der Waals surface area contributed by atoms with Crippen LogP contribution in [0.15, 0.2) is 146 Å². The lowest BCUT2D eigenvalue weighted by atomic mass is 9.97. The molecular formula is C81H135NO13. The molecule has 9 N–H and O–H groups in total. The molecule has 2 saturated heterocycles. The predicted octanol–water partition coefficient (Wildman–Crippen LogP) is 16.4. The van der Waals surface area contributed by atoms with Gasteiger partial charge in [-0.05, 0) is 109 Å². The van der Waals surface area contributed by atoms with E-state index in [-0.39, 0.29) is 18.9 Å². The van der Waals surface area contributed by atoms with Gasteiger partial charge in [-0.1, -0.05) is 295 Å². The van der Waals surface area contributed by atoms with Crippen molar-refractivity contribution in [1.29, 1.82) is 0 Å². The Morgan fingerprint density at radius 3 is 1.16 bits per heavy atom. The van der Waals surface area contributed by atoms with Crippen molar-refractivity contribution < 1.29 is 64.6 Å². The van der Waals surface area contributed by atoms with Crippen molar-refractivity contribution in [3.63, 3.8) is 0 Å². The van der Waals surface area contributed by atoms with Crippen LogP contribution in [-0.2, 0) is 23.7 Å². The minimum absolute atomic E-state index is 0.208. The highest BCUT2D eigenvalue weighted by Crippen LogP contribution is 2.30. The molecule has 0 spiro atoms. The van der Waals surface area contributed by atoms with E-state index in [1.165, 1.54) is 141 Å². The monoisotopic (exact) mass is 1330 g/mol. The Hall–Kier alpha value is -4.13. The summed E-state index contributed by atoms with van der Waals surface area (Å²) in [6.45, 7) is 2.65. The van der Waals surface area contributed by atoms with Gasteiger partial charge in [0, 0.05) is 6.42 Å². The van der Waals surface area contributed by atoms with Crippen LogP contribution in [0, 0.1) is 0 Å². The number of amides is 1. The fourth-order valence-electron chi connectivity index (χ4n) is 11.3. The van der Waals surface area contributed by atoms with Gasteiger partial charge >= 0.3 is 0 Å². The van der Waals surface area contributed by atoms with Gasteiger partial charge in [0.2, 0.25) is 5.91 Å². The van der Waals surface area contributed by atoms with E-state index in [9.17, 15) is 45.6 Å². The molecule has 0 aromatic rings. The van der Waals surface area contributed by atoms with Crippen LogP contribution in [0.5, 0.6) is 0 Å². The van der Waals surface area contributed by atoms with Crippen molar-refractivity contribution in [3.8, 4) is 0 Å². The molecule has 14 heteroatoms. The Morgan fingerprint density at radius 2 is 0.737 bits per heavy atom. The molecule has 0 aliphatic carbocycles. The third-order valence-electron chi connectivity index (χ3n) is 17.3. The molecule has 12 atom stereocenters. The van der Waals surface area contributed by atoms with Gasteiger partial charge < -0.3 is 65.1 Å². The maximum absolute atomic E-state index is 13.3. The average Bonchev–Trinajstić information content (AvgIpc) is 0.801. The van der Waals surface area contributed by atoms with Gasteiger partial charge in [-0.15, -0.1) is 0 Å². The maximum atomic E-state index is 13.3. The number of carbonyl (C=O) groups is 1. The first kappa shape index (κ1) is 87.0. The number of allylic oxidation sites excluding steroid dienone is 23. The van der Waals surface area contributed by atoms with Crippen LogP contribution < -0.4 is 5.32 Å². The van der Waals surface area contributed by atoms with E-state index in [1.54, 1.807) is 6.08 Å². The maximum Gasteiger partial charge on any atom is 0.220 e. The fraction of sp³-hybridized carbons (Fsp3) is 0.691. The molecule has 542 valence electrons. The summed E-state index contributed by atoms with van der Waals surface area (Å²) in [5.74, 6) is -0.295. The number of rotatable bonds is 60. The summed E-state index contributed by atoms with van der Waals surface area (Å²) in [4.78, 5) is 13.3. The standard InChI is InChI=1S/C81H135NO13/c1-3-5-7-9-11-13-15-17-19-21-23-25-27-29-31-33-34-35-36-37-39-41-43-45-47-49-51-53-55-57-59-61-63-65-73(86)82-69(68-92-80-78(91)76(89)79(72(67-84)94-80)95-81-77(90)75(88)74(87)71(66-83)93-81)70(85)64-62-60-58-56-54-52-50-48-46-44-42-40-38-32-30-28-26-24-22-20-18-16-14-12-10-8-6-4-2/h5,7,11,13,17,19,23,25,29,31,34-35,37,39,43,45,49,51,54-57,62,64,69-72,74-81,83-85,87-91H,3-4,6,8-10,12,14-16,18,20-22,24,26-28,30,32-33,36,38,40-42,44,46-48,50,52-53,58-61,63,65-68H2,1-2H3,(H,82,86)/b7-5-,13-11-,19-17-,25-23-,31-29-,35-34-,39-37-,45-43-,51-49-,56-54+,57-55-,64-62+. The second kappa shape index (κ2) is 63.3. The second-order valence-corrected chi connectivity index (χ2v) is 25.7. The molecule has 2 aliphatic heterocycles. The van der Waals surface area contributed by atoms with E-state index in [0.29, 0.717) is 12.8 Å². The van der Waals surface area contributed by atoms with Crippen molar-refractivity contribution in [2.45, 2.75) is 338 Å². The van der Waals surface area contributed by atoms with Crippen molar-refractivity contribution in [1.82, 2.24) is 5.32 Å². The van der Waals surface area contributed by atoms with E-state index < -0.39 is 86.8 Å². The predicted molar refractivity (Wildman–Crippen MR) is 391 cm³/mol. The van der Waals surface area contributed by atoms with E-state index in [0.717, 1.165) is 89.9 Å². The Kier molecular flexibility index (Phi) is 58.0. The van der Waals surface area contributed by atoms with Crippen LogP contribution in [0.3, 0.4) is 0 Å². The lowest BCUT2D eigenvalue weighted by Gasteiger charge is -2.46. The minimum atomic E-state index is -1.80. The van der Waals surface area contributed by atoms with Crippen LogP contribution >= 0.6 is 0 Å². The molecule has 0 radical (unpaired) electrons. The summed E-state index contributed by atoms with van der Waals surface area (Å²) in [5.41, 5.74) is 0. The van der Waals surface area contributed by atoms with Gasteiger partial charge in [0.05, 0.1) is 32.0 Å². The highest BCUT2D eigenvalue weighted by atomic mass is 16.7. The highest BCUT2D eigenvalue weighted by molar-refractivity contribution is 5.76. The second-order valence-electron chi connectivity index (χ2n) is 25.7. The van der Waals surface area contributed by atoms with E-state index in [2.05, 4.69) is 153 Å². The van der Waals surface area contributed by atoms with Crippen molar-refractivity contribution in [2.75, 3.05) is 19.8 Å². The number of aliphatic hydroxyl groups excluding tert-OH is 8. The lowest BCUT2D eigenvalue weighted by Crippen LogP contribution is -2.65. The van der Waals surface area contributed by atoms with Gasteiger partial charge in [-0.2, -0.15) is 0 Å². The molecule has 2 fully saturated rings. The van der Waals surface area contributed by atoms with E-state index in [4.69, 9.17) is 18.9 Å². The van der Waals surface area contributed by atoms with Crippen LogP contribution in [0.4, 0.5) is 0 Å². The Bertz CT molecular complexity index is 2160. The Balaban J connectivity index is 1.71. The quantitative estimate of drug-likeness (QED) is 0.0204. The van der Waals surface area contributed by atoms with Crippen LogP contribution in [0.2, 0.25) is 0 Å². The summed E-state index contributed by atoms with van der Waals surface area (Å²) >= 11 is 0. The number of hydrogen-bond acceptors (Lipinski definition) is 13. The largest absolute Gasteiger partial charge is 0.394 e. The summed E-state index contributed by atoms with van der Waals surface area (Å²) in [6.07, 6.45) is 79.1. The molecule has 0 aromatic heterocycles. The number of unbranched alkanes of at least 4 members (excludes halogenated alkanes) is 25. The number of hydrogen-bond donors (Lipinski definition) is 9. The zero-order chi connectivity index (χ0) is 68.7. The normalized spacial score (nSPS) is 23.2. The molecule has 2 aliphatic rings. The lowest BCUT2D eigenvalue weighted by molar-refractivity contribution is -0.359. The SMILES string of the molecule is CC/C=C\C/C=C\C/C=C\C/C=C\C/C=C\C/C=C\C/C=C\C/C=C\C/C=C\C/C=C\CCCCC(=O)NC(COC1OC(CO)C(OC2OC(CO)C(O)C(O)C2O)C(O)C1O)C(O)/C=C/CC/C=C/CCCCCCCCCCCCCCCCCCCCCCCC. The summed E-state index contributed by atoms with van der Waals surface area (Å²) in [5, 5.41) is 87.5. The number of carbonyl (C=O) groups excluding carboxylic acids is 1. The van der Waals surface area contributed by atoms with Gasteiger partial charge in [-0.3, -0.25) is 4.79 Å². The molecular weight excluding hydrogens is 1190 g/mol. The number of ether oxygens (including phenoxy) is 4. The summed E-state index contributed by atoms with van der Waals surface area (Å²) in [7, 11) is 0. The molecule has 2 heterocycles. The number of nitrogens with one attached hydrogen (secondary N) is 1. The molecule has 1 amide bonds. The van der Waals surface area contributed by atoms with Crippen molar-refractivity contribution in [3.05, 3.63) is 146 Å². The molecule has 0 aromatic carbocycles. The molecule has 0 saturated carbocycles. The van der Waals surface area contributed by atoms with Crippen LogP contribution in [-0.4, -0.2) is 140 Å². The molecule has 95 heavy (non-hydrogen) atoms. The van der Waals surface area contributed by atoms with E-state index >= 15 is 0 Å². The van der Waals surface area contributed by atoms with Gasteiger partial charge in [0.25, 0.3) is 0 Å². The first-order valence-electron chi connectivity index (χ1n) is 37.6. The van der Waals surface area contributed by atoms with Crippen molar-refractivity contribution >= 4 is 5.91 Å². The van der Waals surface area contributed by atoms with Crippen LogP contribution in [0.25, 0.3) is 0 Å².